The molecule has 0 radical (unpaired) electrons. The number of nitrogens with zero attached hydrogens (tertiary/aromatic N) is 3. The molecule has 1 aromatic carbocycles. The molecule has 0 atom stereocenters. The molecular formula is C14H11BrF3N3O. The van der Waals surface area contributed by atoms with E-state index in [1.807, 2.05) is 6.07 Å². The highest BCUT2D eigenvalue weighted by molar-refractivity contribution is 9.10. The van der Waals surface area contributed by atoms with Crippen LogP contribution in [0.25, 0.3) is 0 Å². The summed E-state index contributed by atoms with van der Waals surface area (Å²) in [6, 6.07) is 5.36. The van der Waals surface area contributed by atoms with E-state index in [1.54, 1.807) is 12.1 Å². The van der Waals surface area contributed by atoms with Crippen molar-refractivity contribution in [3.63, 3.8) is 0 Å². The lowest BCUT2D eigenvalue weighted by atomic mass is 10.1. The molecule has 1 aliphatic heterocycles. The van der Waals surface area contributed by atoms with Crippen molar-refractivity contribution < 1.29 is 18.0 Å². The van der Waals surface area contributed by atoms with Gasteiger partial charge in [-0.25, -0.2) is 0 Å². The number of hydrogen-bond acceptors (Lipinski definition) is 2. The van der Waals surface area contributed by atoms with E-state index in [0.717, 1.165) is 16.2 Å². The largest absolute Gasteiger partial charge is 0.433 e. The Balaban J connectivity index is 2.01. The van der Waals surface area contributed by atoms with Gasteiger partial charge in [-0.2, -0.15) is 18.3 Å². The van der Waals surface area contributed by atoms with Crippen LogP contribution in [-0.4, -0.2) is 22.2 Å². The van der Waals surface area contributed by atoms with Gasteiger partial charge in [-0.3, -0.25) is 9.48 Å². The van der Waals surface area contributed by atoms with Crippen LogP contribution in [0.15, 0.2) is 28.9 Å². The quantitative estimate of drug-likeness (QED) is 0.768. The highest BCUT2D eigenvalue weighted by Gasteiger charge is 2.41. The van der Waals surface area contributed by atoms with Crippen molar-refractivity contribution in [1.82, 2.24) is 9.78 Å². The first-order valence-electron chi connectivity index (χ1n) is 6.48. The number of benzene rings is 1. The van der Waals surface area contributed by atoms with Gasteiger partial charge in [-0.05, 0) is 30.2 Å². The molecule has 1 aliphatic rings. The number of aryl methyl sites for hydroxylation is 1. The van der Waals surface area contributed by atoms with Crippen LogP contribution in [-0.2, 0) is 19.6 Å². The lowest BCUT2D eigenvalue weighted by Gasteiger charge is -2.18. The van der Waals surface area contributed by atoms with Gasteiger partial charge >= 0.3 is 6.18 Å². The average molecular weight is 374 g/mol. The average Bonchev–Trinajstić information content (AvgIpc) is 3.00. The van der Waals surface area contributed by atoms with E-state index in [-0.39, 0.29) is 0 Å². The van der Waals surface area contributed by atoms with E-state index in [2.05, 4.69) is 21.0 Å². The molecule has 1 amide bonds. The minimum absolute atomic E-state index is 0.358. The molecule has 0 unspecified atom stereocenters. The standard InChI is InChI=1S/C14H11BrF3N3O/c1-20-12(14(16,17)18)10(7-19-20)13(22)21-5-4-8-6-9(15)2-3-11(8)21/h2-3,6-7H,4-5H2,1H3. The van der Waals surface area contributed by atoms with Gasteiger partial charge in [0.15, 0.2) is 5.69 Å². The van der Waals surface area contributed by atoms with E-state index >= 15 is 0 Å². The lowest BCUT2D eigenvalue weighted by Crippen LogP contribution is -2.30. The van der Waals surface area contributed by atoms with Crippen LogP contribution in [0.3, 0.4) is 0 Å². The normalized spacial score (nSPS) is 14.3. The van der Waals surface area contributed by atoms with Gasteiger partial charge < -0.3 is 4.90 Å². The Morgan fingerprint density at radius 1 is 1.36 bits per heavy atom. The zero-order chi connectivity index (χ0) is 16.1. The van der Waals surface area contributed by atoms with Gasteiger partial charge in [-0.15, -0.1) is 0 Å². The fourth-order valence-corrected chi connectivity index (χ4v) is 3.07. The number of aromatic nitrogens is 2. The molecule has 2 aromatic rings. The second kappa shape index (κ2) is 5.12. The smallest absolute Gasteiger partial charge is 0.308 e. The number of anilines is 1. The van der Waals surface area contributed by atoms with Crippen LogP contribution in [0, 0.1) is 0 Å². The lowest BCUT2D eigenvalue weighted by molar-refractivity contribution is -0.144. The Morgan fingerprint density at radius 3 is 2.77 bits per heavy atom. The van der Waals surface area contributed by atoms with Gasteiger partial charge in [0.2, 0.25) is 0 Å². The molecule has 4 nitrogen and oxygen atoms in total. The maximum Gasteiger partial charge on any atom is 0.433 e. The monoisotopic (exact) mass is 373 g/mol. The summed E-state index contributed by atoms with van der Waals surface area (Å²) in [4.78, 5) is 13.9. The molecule has 0 saturated heterocycles. The number of rotatable bonds is 1. The van der Waals surface area contributed by atoms with Crippen LogP contribution < -0.4 is 4.90 Å². The Morgan fingerprint density at radius 2 is 2.09 bits per heavy atom. The molecular weight excluding hydrogens is 363 g/mol. The molecule has 0 aliphatic carbocycles. The van der Waals surface area contributed by atoms with E-state index in [4.69, 9.17) is 0 Å². The SMILES string of the molecule is Cn1ncc(C(=O)N2CCc3cc(Br)ccc32)c1C(F)(F)F. The predicted octanol–water partition coefficient (Wildman–Crippen LogP) is 3.40. The van der Waals surface area contributed by atoms with Crippen LogP contribution in [0.4, 0.5) is 18.9 Å². The number of carbonyl (C=O) groups excluding carboxylic acids is 1. The predicted molar refractivity (Wildman–Crippen MR) is 77.7 cm³/mol. The van der Waals surface area contributed by atoms with Crippen molar-refractivity contribution >= 4 is 27.5 Å². The molecule has 0 fully saturated rings. The third kappa shape index (κ3) is 2.41. The molecule has 2 heterocycles. The summed E-state index contributed by atoms with van der Waals surface area (Å²) in [5, 5.41) is 3.59. The number of amides is 1. The third-order valence-electron chi connectivity index (χ3n) is 3.62. The second-order valence-corrected chi connectivity index (χ2v) is 5.92. The summed E-state index contributed by atoms with van der Waals surface area (Å²) in [7, 11) is 1.18. The van der Waals surface area contributed by atoms with E-state index in [1.165, 1.54) is 11.9 Å². The number of halogens is 4. The minimum atomic E-state index is -4.63. The first kappa shape index (κ1) is 15.1. The van der Waals surface area contributed by atoms with Crippen molar-refractivity contribution in [2.24, 2.45) is 7.05 Å². The molecule has 1 aromatic heterocycles. The maximum atomic E-state index is 13.1. The van der Waals surface area contributed by atoms with Crippen molar-refractivity contribution in [2.75, 3.05) is 11.4 Å². The molecule has 0 spiro atoms. The van der Waals surface area contributed by atoms with Crippen LogP contribution in [0.5, 0.6) is 0 Å². The summed E-state index contributed by atoms with van der Waals surface area (Å²) in [5.41, 5.74) is 0.124. The van der Waals surface area contributed by atoms with E-state index in [9.17, 15) is 18.0 Å². The Kier molecular flexibility index (Phi) is 3.51. The molecule has 22 heavy (non-hydrogen) atoms. The topological polar surface area (TPSA) is 38.1 Å². The van der Waals surface area contributed by atoms with Crippen molar-refractivity contribution in [3.05, 3.63) is 45.7 Å². The van der Waals surface area contributed by atoms with Crippen molar-refractivity contribution in [2.45, 2.75) is 12.6 Å². The molecule has 116 valence electrons. The zero-order valence-corrected chi connectivity index (χ0v) is 13.1. The summed E-state index contributed by atoms with van der Waals surface area (Å²) >= 11 is 3.34. The van der Waals surface area contributed by atoms with Crippen LogP contribution >= 0.6 is 15.9 Å². The number of alkyl halides is 3. The van der Waals surface area contributed by atoms with Gasteiger partial charge in [0.1, 0.15) is 0 Å². The van der Waals surface area contributed by atoms with Gasteiger partial charge in [0.05, 0.1) is 11.8 Å². The van der Waals surface area contributed by atoms with E-state index in [0.29, 0.717) is 23.3 Å². The minimum Gasteiger partial charge on any atom is -0.308 e. The van der Waals surface area contributed by atoms with E-state index < -0.39 is 23.3 Å². The zero-order valence-electron chi connectivity index (χ0n) is 11.5. The molecule has 0 saturated carbocycles. The van der Waals surface area contributed by atoms with Crippen LogP contribution in [0.2, 0.25) is 0 Å². The van der Waals surface area contributed by atoms with Gasteiger partial charge in [0, 0.05) is 23.8 Å². The molecule has 8 heteroatoms. The Labute approximate surface area is 132 Å². The molecule has 0 N–H and O–H groups in total. The van der Waals surface area contributed by atoms with Crippen molar-refractivity contribution in [3.8, 4) is 0 Å². The second-order valence-electron chi connectivity index (χ2n) is 5.01. The highest BCUT2D eigenvalue weighted by atomic mass is 79.9. The van der Waals surface area contributed by atoms with Gasteiger partial charge in [0.25, 0.3) is 5.91 Å². The molecule has 3 rings (SSSR count). The summed E-state index contributed by atoms with van der Waals surface area (Å²) in [6.07, 6.45) is -3.04. The third-order valence-corrected chi connectivity index (χ3v) is 4.11. The number of hydrogen-bond donors (Lipinski definition) is 0. The van der Waals surface area contributed by atoms with Crippen molar-refractivity contribution in [1.29, 1.82) is 0 Å². The molecule has 0 bridgehead atoms. The highest BCUT2D eigenvalue weighted by Crippen LogP contribution is 2.35. The fraction of sp³-hybridized carbons (Fsp3) is 0.286. The summed E-state index contributed by atoms with van der Waals surface area (Å²) in [6.45, 7) is 0.358. The fourth-order valence-electron chi connectivity index (χ4n) is 2.66. The maximum absolute atomic E-state index is 13.1. The Hall–Kier alpha value is -1.83. The summed E-state index contributed by atoms with van der Waals surface area (Å²) in [5.74, 6) is -0.679. The first-order chi connectivity index (χ1) is 10.3. The number of fused-ring (bicyclic) bond motifs is 1. The van der Waals surface area contributed by atoms with Gasteiger partial charge in [-0.1, -0.05) is 15.9 Å². The number of carbonyl (C=O) groups is 1. The van der Waals surface area contributed by atoms with Crippen LogP contribution in [0.1, 0.15) is 21.6 Å². The summed E-state index contributed by atoms with van der Waals surface area (Å²) < 4.78 is 40.9. The first-order valence-corrected chi connectivity index (χ1v) is 7.28. The Bertz CT molecular complexity index is 754.